The molecule has 3 nitrogen and oxygen atoms in total. The van der Waals surface area contributed by atoms with Gasteiger partial charge in [0.25, 0.3) is 0 Å². The molecular formula is C7H15LiO3. The van der Waals surface area contributed by atoms with Gasteiger partial charge in [-0.15, -0.1) is 0 Å². The zero-order valence-corrected chi connectivity index (χ0v) is 7.76. The summed E-state index contributed by atoms with van der Waals surface area (Å²) in [7, 11) is 0. The molecule has 62 valence electrons. The van der Waals surface area contributed by atoms with Crippen LogP contribution in [-0.4, -0.2) is 24.3 Å². The minimum Gasteiger partial charge on any atom is -0.480 e. The van der Waals surface area contributed by atoms with Crippen LogP contribution in [0, 0.1) is 13.3 Å². The fourth-order valence-electron chi connectivity index (χ4n) is 0.382. The molecule has 0 aliphatic carbocycles. The van der Waals surface area contributed by atoms with Crippen molar-refractivity contribution in [3.05, 3.63) is 7.43 Å². The van der Waals surface area contributed by atoms with Gasteiger partial charge in [0.15, 0.2) is 0 Å². The van der Waals surface area contributed by atoms with E-state index in [2.05, 4.69) is 0 Å². The van der Waals surface area contributed by atoms with E-state index < -0.39 is 5.97 Å². The molecule has 0 spiro atoms. The first-order valence-electron chi connectivity index (χ1n) is 2.92. The van der Waals surface area contributed by atoms with Crippen LogP contribution in [0.15, 0.2) is 0 Å². The van der Waals surface area contributed by atoms with Gasteiger partial charge in [0, 0.05) is 6.61 Å². The Kier molecular flexibility index (Phi) is 15.7. The van der Waals surface area contributed by atoms with Crippen LogP contribution < -0.4 is 18.9 Å². The SMILES string of the molecule is CC(C)COCC(=O)O.[CH3-].[Li+]. The van der Waals surface area contributed by atoms with E-state index in [0.29, 0.717) is 12.5 Å². The Labute approximate surface area is 80.3 Å². The fraction of sp³-hybridized carbons (Fsp3) is 0.714. The molecule has 0 aromatic heterocycles. The van der Waals surface area contributed by atoms with Crippen molar-refractivity contribution >= 4 is 5.97 Å². The van der Waals surface area contributed by atoms with Crippen LogP contribution in [0.3, 0.4) is 0 Å². The molecule has 0 aromatic rings. The molecule has 0 radical (unpaired) electrons. The third kappa shape index (κ3) is 17.8. The first-order chi connectivity index (χ1) is 4.13. The van der Waals surface area contributed by atoms with Gasteiger partial charge in [-0.05, 0) is 5.92 Å². The van der Waals surface area contributed by atoms with E-state index in [1.54, 1.807) is 0 Å². The maximum Gasteiger partial charge on any atom is 1.00 e. The smallest absolute Gasteiger partial charge is 0.480 e. The number of carbonyl (C=O) groups is 1. The van der Waals surface area contributed by atoms with E-state index in [9.17, 15) is 4.79 Å². The molecule has 0 aliphatic rings. The van der Waals surface area contributed by atoms with Crippen molar-refractivity contribution in [1.82, 2.24) is 0 Å². The van der Waals surface area contributed by atoms with Crippen molar-refractivity contribution < 1.29 is 33.5 Å². The zero-order chi connectivity index (χ0) is 7.28. The Bertz CT molecular complexity index is 93.7. The second kappa shape index (κ2) is 10.0. The van der Waals surface area contributed by atoms with Gasteiger partial charge in [0.1, 0.15) is 6.61 Å². The quantitative estimate of drug-likeness (QED) is 0.384. The number of ether oxygens (including phenoxy) is 1. The molecule has 0 aliphatic heterocycles. The number of hydrogen-bond acceptors (Lipinski definition) is 2. The molecule has 0 aromatic carbocycles. The molecule has 0 heterocycles. The van der Waals surface area contributed by atoms with Crippen LogP contribution in [0.1, 0.15) is 13.8 Å². The molecule has 0 rings (SSSR count). The minimum atomic E-state index is -0.907. The van der Waals surface area contributed by atoms with Crippen LogP contribution in [0.2, 0.25) is 0 Å². The summed E-state index contributed by atoms with van der Waals surface area (Å²) in [6.07, 6.45) is 0. The standard InChI is InChI=1S/C6H12O3.CH3.Li/c1-5(2)3-9-4-6(7)8;;/h5H,3-4H2,1-2H3,(H,7,8);1H3;/q;-1;+1. The van der Waals surface area contributed by atoms with Gasteiger partial charge in [-0.1, -0.05) is 13.8 Å². The summed E-state index contributed by atoms with van der Waals surface area (Å²) >= 11 is 0. The normalized spacial score (nSPS) is 8.27. The molecular weight excluding hydrogens is 139 g/mol. The van der Waals surface area contributed by atoms with Crippen molar-refractivity contribution in [2.24, 2.45) is 5.92 Å². The van der Waals surface area contributed by atoms with Crippen LogP contribution in [0.5, 0.6) is 0 Å². The van der Waals surface area contributed by atoms with Crippen LogP contribution >= 0.6 is 0 Å². The van der Waals surface area contributed by atoms with E-state index in [-0.39, 0.29) is 32.9 Å². The molecule has 0 unspecified atom stereocenters. The fourth-order valence-corrected chi connectivity index (χ4v) is 0.382. The van der Waals surface area contributed by atoms with Gasteiger partial charge < -0.3 is 17.3 Å². The molecule has 0 saturated carbocycles. The third-order valence-corrected chi connectivity index (χ3v) is 0.677. The number of carboxylic acids is 1. The Morgan fingerprint density at radius 1 is 1.55 bits per heavy atom. The summed E-state index contributed by atoms with van der Waals surface area (Å²) in [6.45, 7) is 4.29. The summed E-state index contributed by atoms with van der Waals surface area (Å²) in [5.74, 6) is -0.500. The molecule has 0 fully saturated rings. The molecule has 1 N–H and O–H groups in total. The van der Waals surface area contributed by atoms with Crippen molar-refractivity contribution in [3.8, 4) is 0 Å². The molecule has 0 bridgehead atoms. The number of hydrogen-bond donors (Lipinski definition) is 1. The zero-order valence-electron chi connectivity index (χ0n) is 7.76. The van der Waals surface area contributed by atoms with Gasteiger partial charge in [-0.3, -0.25) is 0 Å². The van der Waals surface area contributed by atoms with E-state index in [1.807, 2.05) is 13.8 Å². The van der Waals surface area contributed by atoms with Gasteiger partial charge >= 0.3 is 24.8 Å². The van der Waals surface area contributed by atoms with E-state index in [4.69, 9.17) is 9.84 Å². The van der Waals surface area contributed by atoms with Crippen molar-refractivity contribution in [2.45, 2.75) is 13.8 Å². The molecule has 0 atom stereocenters. The average Bonchev–Trinajstić information content (AvgIpc) is 1.63. The maximum atomic E-state index is 9.86. The Hall–Kier alpha value is 0.0274. The summed E-state index contributed by atoms with van der Waals surface area (Å²) in [5, 5.41) is 8.10. The topological polar surface area (TPSA) is 46.5 Å². The summed E-state index contributed by atoms with van der Waals surface area (Å²) in [6, 6.07) is 0. The van der Waals surface area contributed by atoms with E-state index in [0.717, 1.165) is 0 Å². The largest absolute Gasteiger partial charge is 1.00 e. The Morgan fingerprint density at radius 3 is 2.27 bits per heavy atom. The first-order valence-corrected chi connectivity index (χ1v) is 2.92. The Balaban J connectivity index is -0.000000320. The van der Waals surface area contributed by atoms with E-state index in [1.165, 1.54) is 0 Å². The number of rotatable bonds is 4. The predicted molar refractivity (Wildman–Crippen MR) is 39.7 cm³/mol. The molecule has 4 heteroatoms. The van der Waals surface area contributed by atoms with Gasteiger partial charge in [0.05, 0.1) is 0 Å². The maximum absolute atomic E-state index is 9.86. The van der Waals surface area contributed by atoms with Crippen molar-refractivity contribution in [2.75, 3.05) is 13.2 Å². The van der Waals surface area contributed by atoms with E-state index >= 15 is 0 Å². The second-order valence-corrected chi connectivity index (χ2v) is 2.30. The van der Waals surface area contributed by atoms with Gasteiger partial charge in [-0.2, -0.15) is 0 Å². The minimum absolute atomic E-state index is 0. The van der Waals surface area contributed by atoms with Crippen LogP contribution in [0.4, 0.5) is 0 Å². The molecule has 0 amide bonds. The van der Waals surface area contributed by atoms with Gasteiger partial charge in [0.2, 0.25) is 0 Å². The van der Waals surface area contributed by atoms with Crippen molar-refractivity contribution in [1.29, 1.82) is 0 Å². The molecule has 0 saturated heterocycles. The average molecular weight is 154 g/mol. The predicted octanol–water partition coefficient (Wildman–Crippen LogP) is -1.80. The number of aliphatic carboxylic acids is 1. The summed E-state index contributed by atoms with van der Waals surface area (Å²) in [5.41, 5.74) is 0. The van der Waals surface area contributed by atoms with Crippen molar-refractivity contribution in [3.63, 3.8) is 0 Å². The van der Waals surface area contributed by atoms with Crippen LogP contribution in [0.25, 0.3) is 0 Å². The third-order valence-electron chi connectivity index (χ3n) is 0.677. The van der Waals surface area contributed by atoms with Gasteiger partial charge in [-0.25, -0.2) is 4.79 Å². The van der Waals surface area contributed by atoms with Crippen LogP contribution in [-0.2, 0) is 9.53 Å². The number of carboxylic acid groups (broad SMARTS) is 1. The Morgan fingerprint density at radius 2 is 2.00 bits per heavy atom. The monoisotopic (exact) mass is 154 g/mol. The summed E-state index contributed by atoms with van der Waals surface area (Å²) in [4.78, 5) is 9.86. The summed E-state index contributed by atoms with van der Waals surface area (Å²) < 4.78 is 4.76. The molecule has 11 heavy (non-hydrogen) atoms. The second-order valence-electron chi connectivity index (χ2n) is 2.30. The first kappa shape index (κ1) is 17.2.